The van der Waals surface area contributed by atoms with Gasteiger partial charge in [0.1, 0.15) is 0 Å². The van der Waals surface area contributed by atoms with Crippen LogP contribution in [0.3, 0.4) is 0 Å². The standard InChI is InChI=1S/C14H24N4O2/c1-11-10-18(5-3-13(11)19)14-16-8-12(9-17-14)7-15-4-6-20-2/h8-9,11,13,15,19H,3-7,10H2,1-2H3. The number of hydrogen-bond acceptors (Lipinski definition) is 6. The van der Waals surface area contributed by atoms with Crippen molar-refractivity contribution in [2.75, 3.05) is 38.3 Å². The second kappa shape index (κ2) is 7.52. The van der Waals surface area contributed by atoms with Crippen molar-refractivity contribution in [2.24, 2.45) is 5.92 Å². The molecule has 20 heavy (non-hydrogen) atoms. The molecule has 0 radical (unpaired) electrons. The Hall–Kier alpha value is -1.24. The van der Waals surface area contributed by atoms with Gasteiger partial charge < -0.3 is 20.1 Å². The first-order chi connectivity index (χ1) is 9.70. The predicted octanol–water partition coefficient (Wildman–Crippen LogP) is 0.420. The van der Waals surface area contributed by atoms with E-state index in [4.69, 9.17) is 4.74 Å². The molecule has 0 saturated carbocycles. The number of methoxy groups -OCH3 is 1. The molecule has 0 spiro atoms. The predicted molar refractivity (Wildman–Crippen MR) is 77.6 cm³/mol. The van der Waals surface area contributed by atoms with Crippen molar-refractivity contribution >= 4 is 5.95 Å². The number of rotatable bonds is 6. The van der Waals surface area contributed by atoms with Gasteiger partial charge in [-0.2, -0.15) is 0 Å². The van der Waals surface area contributed by atoms with Crippen LogP contribution < -0.4 is 10.2 Å². The first kappa shape index (κ1) is 15.2. The van der Waals surface area contributed by atoms with E-state index in [1.54, 1.807) is 7.11 Å². The molecule has 0 aliphatic carbocycles. The first-order valence-corrected chi connectivity index (χ1v) is 7.14. The number of aliphatic hydroxyl groups is 1. The van der Waals surface area contributed by atoms with Gasteiger partial charge in [0.15, 0.2) is 0 Å². The minimum atomic E-state index is -0.199. The van der Waals surface area contributed by atoms with Crippen LogP contribution in [0.25, 0.3) is 0 Å². The summed E-state index contributed by atoms with van der Waals surface area (Å²) < 4.78 is 4.98. The maximum Gasteiger partial charge on any atom is 0.225 e. The van der Waals surface area contributed by atoms with Crippen molar-refractivity contribution in [3.05, 3.63) is 18.0 Å². The zero-order chi connectivity index (χ0) is 14.4. The third-order valence-electron chi connectivity index (χ3n) is 3.65. The molecule has 1 aliphatic heterocycles. The zero-order valence-corrected chi connectivity index (χ0v) is 12.2. The van der Waals surface area contributed by atoms with Crippen molar-refractivity contribution in [1.82, 2.24) is 15.3 Å². The Labute approximate surface area is 120 Å². The molecule has 112 valence electrons. The van der Waals surface area contributed by atoms with Gasteiger partial charge in [0.05, 0.1) is 12.7 Å². The molecule has 0 bridgehead atoms. The average Bonchev–Trinajstić information content (AvgIpc) is 2.47. The molecular formula is C14H24N4O2. The van der Waals surface area contributed by atoms with Crippen LogP contribution >= 0.6 is 0 Å². The lowest BCUT2D eigenvalue weighted by molar-refractivity contribution is 0.0966. The van der Waals surface area contributed by atoms with Gasteiger partial charge in [-0.25, -0.2) is 9.97 Å². The van der Waals surface area contributed by atoms with Crippen LogP contribution in [0, 0.1) is 5.92 Å². The number of piperidine rings is 1. The third-order valence-corrected chi connectivity index (χ3v) is 3.65. The summed E-state index contributed by atoms with van der Waals surface area (Å²) in [5.41, 5.74) is 1.06. The molecule has 1 fully saturated rings. The number of aliphatic hydroxyl groups excluding tert-OH is 1. The van der Waals surface area contributed by atoms with Crippen LogP contribution in [0.4, 0.5) is 5.95 Å². The van der Waals surface area contributed by atoms with Crippen LogP contribution in [0.1, 0.15) is 18.9 Å². The second-order valence-electron chi connectivity index (χ2n) is 5.34. The molecule has 6 heteroatoms. The molecule has 2 atom stereocenters. The van der Waals surface area contributed by atoms with Crippen LogP contribution in [-0.2, 0) is 11.3 Å². The lowest BCUT2D eigenvalue weighted by Crippen LogP contribution is -2.42. The van der Waals surface area contributed by atoms with Gasteiger partial charge in [0.25, 0.3) is 0 Å². The zero-order valence-electron chi connectivity index (χ0n) is 12.2. The Kier molecular flexibility index (Phi) is 5.70. The first-order valence-electron chi connectivity index (χ1n) is 7.14. The van der Waals surface area contributed by atoms with Crippen LogP contribution in [0.15, 0.2) is 12.4 Å². The fourth-order valence-corrected chi connectivity index (χ4v) is 2.32. The van der Waals surface area contributed by atoms with Crippen molar-refractivity contribution < 1.29 is 9.84 Å². The minimum Gasteiger partial charge on any atom is -0.393 e. The number of anilines is 1. The summed E-state index contributed by atoms with van der Waals surface area (Å²) in [4.78, 5) is 11.0. The number of aromatic nitrogens is 2. The van der Waals surface area contributed by atoms with Gasteiger partial charge in [-0.15, -0.1) is 0 Å². The fourth-order valence-electron chi connectivity index (χ4n) is 2.32. The SMILES string of the molecule is COCCNCc1cnc(N2CCC(O)C(C)C2)nc1. The summed E-state index contributed by atoms with van der Waals surface area (Å²) in [7, 11) is 1.69. The second-order valence-corrected chi connectivity index (χ2v) is 5.34. The van der Waals surface area contributed by atoms with Gasteiger partial charge in [-0.3, -0.25) is 0 Å². The maximum absolute atomic E-state index is 9.74. The molecule has 6 nitrogen and oxygen atoms in total. The van der Waals surface area contributed by atoms with Gasteiger partial charge in [-0.1, -0.05) is 6.92 Å². The molecule has 2 heterocycles. The van der Waals surface area contributed by atoms with E-state index in [0.29, 0.717) is 6.61 Å². The highest BCUT2D eigenvalue weighted by Crippen LogP contribution is 2.20. The number of nitrogens with one attached hydrogen (secondary N) is 1. The molecule has 1 aliphatic rings. The molecule has 1 aromatic rings. The van der Waals surface area contributed by atoms with Gasteiger partial charge in [0, 0.05) is 51.2 Å². The van der Waals surface area contributed by atoms with Crippen LogP contribution in [-0.4, -0.2) is 54.5 Å². The minimum absolute atomic E-state index is 0.199. The maximum atomic E-state index is 9.74. The molecule has 1 saturated heterocycles. The highest BCUT2D eigenvalue weighted by atomic mass is 16.5. The number of ether oxygens (including phenoxy) is 1. The summed E-state index contributed by atoms with van der Waals surface area (Å²) in [6.45, 7) is 5.96. The summed E-state index contributed by atoms with van der Waals surface area (Å²) in [6, 6.07) is 0. The number of nitrogens with zero attached hydrogens (tertiary/aromatic N) is 3. The summed E-state index contributed by atoms with van der Waals surface area (Å²) in [6.07, 6.45) is 4.30. The monoisotopic (exact) mass is 280 g/mol. The Morgan fingerprint density at radius 3 is 2.85 bits per heavy atom. The van der Waals surface area contributed by atoms with E-state index in [2.05, 4.69) is 27.1 Å². The van der Waals surface area contributed by atoms with E-state index in [9.17, 15) is 5.11 Å². The Morgan fingerprint density at radius 2 is 2.20 bits per heavy atom. The van der Waals surface area contributed by atoms with Crippen LogP contribution in [0.5, 0.6) is 0 Å². The van der Waals surface area contributed by atoms with Crippen molar-refractivity contribution in [1.29, 1.82) is 0 Å². The van der Waals surface area contributed by atoms with Gasteiger partial charge in [0.2, 0.25) is 5.95 Å². The molecule has 1 aromatic heterocycles. The largest absolute Gasteiger partial charge is 0.393 e. The lowest BCUT2D eigenvalue weighted by atomic mass is 9.97. The van der Waals surface area contributed by atoms with E-state index in [-0.39, 0.29) is 12.0 Å². The molecule has 2 unspecified atom stereocenters. The topological polar surface area (TPSA) is 70.5 Å². The molecule has 0 amide bonds. The van der Waals surface area contributed by atoms with E-state index in [1.165, 1.54) is 0 Å². The van der Waals surface area contributed by atoms with Crippen molar-refractivity contribution in [3.8, 4) is 0 Å². The highest BCUT2D eigenvalue weighted by Gasteiger charge is 2.25. The summed E-state index contributed by atoms with van der Waals surface area (Å²) >= 11 is 0. The quantitative estimate of drug-likeness (QED) is 0.736. The average molecular weight is 280 g/mol. The summed E-state index contributed by atoms with van der Waals surface area (Å²) in [5, 5.41) is 13.0. The smallest absolute Gasteiger partial charge is 0.225 e. The van der Waals surface area contributed by atoms with Crippen molar-refractivity contribution in [2.45, 2.75) is 26.0 Å². The van der Waals surface area contributed by atoms with E-state index in [0.717, 1.165) is 44.1 Å². The Balaban J connectivity index is 1.85. The highest BCUT2D eigenvalue weighted by molar-refractivity contribution is 5.31. The van der Waals surface area contributed by atoms with E-state index < -0.39 is 0 Å². The molecule has 2 N–H and O–H groups in total. The van der Waals surface area contributed by atoms with Crippen LogP contribution in [0.2, 0.25) is 0 Å². The fraction of sp³-hybridized carbons (Fsp3) is 0.714. The van der Waals surface area contributed by atoms with Gasteiger partial charge in [-0.05, 0) is 12.3 Å². The molecule has 2 rings (SSSR count). The van der Waals surface area contributed by atoms with Gasteiger partial charge >= 0.3 is 0 Å². The number of hydrogen-bond donors (Lipinski definition) is 2. The van der Waals surface area contributed by atoms with Crippen molar-refractivity contribution in [3.63, 3.8) is 0 Å². The molecular weight excluding hydrogens is 256 g/mol. The molecule has 0 aromatic carbocycles. The lowest BCUT2D eigenvalue weighted by Gasteiger charge is -2.34. The normalized spacial score (nSPS) is 23.1. The Morgan fingerprint density at radius 1 is 1.45 bits per heavy atom. The summed E-state index contributed by atoms with van der Waals surface area (Å²) in [5.74, 6) is 1.02. The Bertz CT molecular complexity index is 399. The van der Waals surface area contributed by atoms with E-state index in [1.807, 2.05) is 12.4 Å². The van der Waals surface area contributed by atoms with E-state index >= 15 is 0 Å². The third kappa shape index (κ3) is 4.13.